The van der Waals surface area contributed by atoms with Gasteiger partial charge in [0.2, 0.25) is 0 Å². The molecule has 0 bridgehead atoms. The van der Waals surface area contributed by atoms with Crippen molar-refractivity contribution in [3.63, 3.8) is 0 Å². The fourth-order valence-electron chi connectivity index (χ4n) is 0.994. The molecule has 0 saturated carbocycles. The Morgan fingerprint density at radius 1 is 1.33 bits per heavy atom. The normalized spacial score (nSPS) is 9.93. The van der Waals surface area contributed by atoms with Crippen LogP contribution in [0.2, 0.25) is 0 Å². The summed E-state index contributed by atoms with van der Waals surface area (Å²) in [5.74, 6) is -0.549. The Hall–Kier alpha value is -1.69. The molecule has 0 aliphatic rings. The number of aliphatic hydroxyl groups is 1. The van der Waals surface area contributed by atoms with Crippen molar-refractivity contribution < 1.29 is 15.0 Å². The molecular weight excluding hydrogens is 198 g/mol. The van der Waals surface area contributed by atoms with E-state index in [1.807, 2.05) is 0 Å². The maximum atomic E-state index is 10.5. The van der Waals surface area contributed by atoms with Gasteiger partial charge in [0.15, 0.2) is 5.69 Å². The number of aliphatic hydroxyl groups excluding tert-OH is 1. The van der Waals surface area contributed by atoms with Gasteiger partial charge < -0.3 is 15.5 Å². The molecule has 0 unspecified atom stereocenters. The number of hydrogen-bond donors (Lipinski definition) is 3. The van der Waals surface area contributed by atoms with Crippen LogP contribution in [0.5, 0.6) is 0 Å². The predicted molar refractivity (Wildman–Crippen MR) is 53.8 cm³/mol. The van der Waals surface area contributed by atoms with E-state index in [2.05, 4.69) is 15.5 Å². The van der Waals surface area contributed by atoms with Gasteiger partial charge in [0.25, 0.3) is 0 Å². The lowest BCUT2D eigenvalue weighted by Crippen LogP contribution is -2.07. The predicted octanol–water partition coefficient (Wildman–Crippen LogP) is 0.359. The van der Waals surface area contributed by atoms with E-state index in [-0.39, 0.29) is 12.3 Å². The molecule has 6 nitrogen and oxygen atoms in total. The fraction of sp³-hybridized carbons (Fsp3) is 0.444. The summed E-state index contributed by atoms with van der Waals surface area (Å²) in [5, 5.41) is 27.3. The highest BCUT2D eigenvalue weighted by atomic mass is 16.4. The number of nitrogens with one attached hydrogen (secondary N) is 1. The standard InChI is InChI=1S/C9H13N3O3/c13-6-2-1-5-10-8-4-3-7(9(14)15)11-12-8/h3-4,13H,1-2,5-6H2,(H,10,12)(H,14,15). The molecule has 0 fully saturated rings. The van der Waals surface area contributed by atoms with Crippen LogP contribution in [-0.2, 0) is 0 Å². The van der Waals surface area contributed by atoms with Gasteiger partial charge in [-0.3, -0.25) is 0 Å². The quantitative estimate of drug-likeness (QED) is 0.588. The van der Waals surface area contributed by atoms with Crippen LogP contribution in [0, 0.1) is 0 Å². The Bertz CT molecular complexity index is 313. The molecule has 0 amide bonds. The molecule has 0 aromatic carbocycles. The molecule has 0 aliphatic carbocycles. The van der Waals surface area contributed by atoms with Gasteiger partial charge in [0.1, 0.15) is 5.82 Å². The summed E-state index contributed by atoms with van der Waals surface area (Å²) in [6.45, 7) is 0.854. The molecular formula is C9H13N3O3. The van der Waals surface area contributed by atoms with E-state index >= 15 is 0 Å². The first-order valence-corrected chi connectivity index (χ1v) is 4.66. The van der Waals surface area contributed by atoms with Crippen molar-refractivity contribution in [2.24, 2.45) is 0 Å². The van der Waals surface area contributed by atoms with Crippen molar-refractivity contribution in [1.29, 1.82) is 0 Å². The zero-order chi connectivity index (χ0) is 11.1. The van der Waals surface area contributed by atoms with Gasteiger partial charge in [0.05, 0.1) is 0 Å². The molecule has 6 heteroatoms. The third kappa shape index (κ3) is 3.90. The first-order chi connectivity index (χ1) is 7.24. The van der Waals surface area contributed by atoms with Gasteiger partial charge in [-0.25, -0.2) is 4.79 Å². The Kier molecular flexibility index (Phi) is 4.49. The maximum Gasteiger partial charge on any atom is 0.356 e. The lowest BCUT2D eigenvalue weighted by atomic mass is 10.3. The average molecular weight is 211 g/mol. The Morgan fingerprint density at radius 3 is 2.67 bits per heavy atom. The van der Waals surface area contributed by atoms with Crippen LogP contribution in [0.15, 0.2) is 12.1 Å². The smallest absolute Gasteiger partial charge is 0.356 e. The minimum Gasteiger partial charge on any atom is -0.476 e. The number of anilines is 1. The summed E-state index contributed by atoms with van der Waals surface area (Å²) >= 11 is 0. The molecule has 15 heavy (non-hydrogen) atoms. The summed E-state index contributed by atoms with van der Waals surface area (Å²) in [4.78, 5) is 10.5. The first kappa shape index (κ1) is 11.4. The van der Waals surface area contributed by atoms with Crippen LogP contribution in [-0.4, -0.2) is 39.5 Å². The highest BCUT2D eigenvalue weighted by Crippen LogP contribution is 2.02. The number of carboxylic acids is 1. The monoisotopic (exact) mass is 211 g/mol. The van der Waals surface area contributed by atoms with Gasteiger partial charge in [-0.05, 0) is 25.0 Å². The number of rotatable bonds is 6. The lowest BCUT2D eigenvalue weighted by Gasteiger charge is -2.03. The van der Waals surface area contributed by atoms with Crippen molar-refractivity contribution in [2.45, 2.75) is 12.8 Å². The van der Waals surface area contributed by atoms with Crippen molar-refractivity contribution in [2.75, 3.05) is 18.5 Å². The summed E-state index contributed by atoms with van der Waals surface area (Å²) in [6, 6.07) is 2.96. The molecule has 1 aromatic rings. The van der Waals surface area contributed by atoms with E-state index in [0.717, 1.165) is 12.8 Å². The van der Waals surface area contributed by atoms with Crippen molar-refractivity contribution in [3.05, 3.63) is 17.8 Å². The molecule has 0 atom stereocenters. The number of aromatic carboxylic acids is 1. The van der Waals surface area contributed by atoms with E-state index in [0.29, 0.717) is 12.4 Å². The lowest BCUT2D eigenvalue weighted by molar-refractivity contribution is 0.0689. The topological polar surface area (TPSA) is 95.3 Å². The molecule has 1 aromatic heterocycles. The van der Waals surface area contributed by atoms with Gasteiger partial charge in [-0.15, -0.1) is 10.2 Å². The Balaban J connectivity index is 2.39. The SMILES string of the molecule is O=C(O)c1ccc(NCCCCO)nn1. The number of nitrogens with zero attached hydrogens (tertiary/aromatic N) is 2. The first-order valence-electron chi connectivity index (χ1n) is 4.66. The van der Waals surface area contributed by atoms with E-state index in [1.165, 1.54) is 6.07 Å². The molecule has 1 heterocycles. The minimum absolute atomic E-state index is 0.0732. The molecule has 0 aliphatic heterocycles. The molecule has 0 spiro atoms. The van der Waals surface area contributed by atoms with Crippen LogP contribution in [0.4, 0.5) is 5.82 Å². The zero-order valence-corrected chi connectivity index (χ0v) is 8.18. The Morgan fingerprint density at radius 2 is 2.13 bits per heavy atom. The number of aromatic nitrogens is 2. The molecule has 3 N–H and O–H groups in total. The Labute approximate surface area is 87.0 Å². The summed E-state index contributed by atoms with van der Waals surface area (Å²) in [5.41, 5.74) is -0.0732. The number of hydrogen-bond acceptors (Lipinski definition) is 5. The van der Waals surface area contributed by atoms with E-state index in [4.69, 9.17) is 10.2 Å². The van der Waals surface area contributed by atoms with Gasteiger partial charge in [-0.2, -0.15) is 0 Å². The second kappa shape index (κ2) is 5.92. The zero-order valence-electron chi connectivity index (χ0n) is 8.18. The average Bonchev–Trinajstić information content (AvgIpc) is 2.25. The number of carboxylic acid groups (broad SMARTS) is 1. The van der Waals surface area contributed by atoms with Gasteiger partial charge in [-0.1, -0.05) is 0 Å². The van der Waals surface area contributed by atoms with Crippen molar-refractivity contribution >= 4 is 11.8 Å². The summed E-state index contributed by atoms with van der Waals surface area (Å²) in [6.07, 6.45) is 1.56. The molecule has 82 valence electrons. The second-order valence-corrected chi connectivity index (χ2v) is 2.97. The van der Waals surface area contributed by atoms with Crippen LogP contribution in [0.25, 0.3) is 0 Å². The third-order valence-corrected chi connectivity index (χ3v) is 1.77. The van der Waals surface area contributed by atoms with E-state index in [1.54, 1.807) is 6.07 Å². The van der Waals surface area contributed by atoms with Gasteiger partial charge >= 0.3 is 5.97 Å². The fourth-order valence-corrected chi connectivity index (χ4v) is 0.994. The van der Waals surface area contributed by atoms with E-state index < -0.39 is 5.97 Å². The van der Waals surface area contributed by atoms with Crippen LogP contribution in [0.3, 0.4) is 0 Å². The van der Waals surface area contributed by atoms with Gasteiger partial charge in [0, 0.05) is 13.2 Å². The minimum atomic E-state index is -1.09. The molecule has 0 radical (unpaired) electrons. The van der Waals surface area contributed by atoms with E-state index in [9.17, 15) is 4.79 Å². The second-order valence-electron chi connectivity index (χ2n) is 2.97. The van der Waals surface area contributed by atoms with Crippen LogP contribution < -0.4 is 5.32 Å². The highest BCUT2D eigenvalue weighted by Gasteiger charge is 2.04. The molecule has 1 rings (SSSR count). The largest absolute Gasteiger partial charge is 0.476 e. The van der Waals surface area contributed by atoms with Crippen LogP contribution in [0.1, 0.15) is 23.3 Å². The third-order valence-electron chi connectivity index (χ3n) is 1.77. The van der Waals surface area contributed by atoms with Crippen molar-refractivity contribution in [3.8, 4) is 0 Å². The van der Waals surface area contributed by atoms with Crippen molar-refractivity contribution in [1.82, 2.24) is 10.2 Å². The van der Waals surface area contributed by atoms with Crippen LogP contribution >= 0.6 is 0 Å². The number of carbonyl (C=O) groups is 1. The highest BCUT2D eigenvalue weighted by molar-refractivity contribution is 5.85. The summed E-state index contributed by atoms with van der Waals surface area (Å²) < 4.78 is 0. The number of unbranched alkanes of at least 4 members (excludes halogenated alkanes) is 1. The summed E-state index contributed by atoms with van der Waals surface area (Å²) in [7, 11) is 0. The maximum absolute atomic E-state index is 10.5. The molecule has 0 saturated heterocycles.